The van der Waals surface area contributed by atoms with Crippen LogP contribution in [-0.2, 0) is 4.79 Å². The van der Waals surface area contributed by atoms with Crippen LogP contribution in [0, 0.1) is 0 Å². The van der Waals surface area contributed by atoms with Crippen LogP contribution in [0.3, 0.4) is 0 Å². The lowest BCUT2D eigenvalue weighted by atomic mass is 10.1. The lowest BCUT2D eigenvalue weighted by Crippen LogP contribution is -2.45. The van der Waals surface area contributed by atoms with Gasteiger partial charge >= 0.3 is 0 Å². The van der Waals surface area contributed by atoms with Gasteiger partial charge in [-0.15, -0.1) is 0 Å². The number of nitrogens with one attached hydrogen (secondary N) is 1. The maximum absolute atomic E-state index is 11.5. The van der Waals surface area contributed by atoms with Crippen LogP contribution in [0.1, 0.15) is 97.3 Å². The molecule has 0 radical (unpaired) electrons. The Morgan fingerprint density at radius 2 is 1.48 bits per heavy atom. The third-order valence-electron chi connectivity index (χ3n) is 4.49. The van der Waals surface area contributed by atoms with Gasteiger partial charge in [0.15, 0.2) is 0 Å². The highest BCUT2D eigenvalue weighted by atomic mass is 16.3. The summed E-state index contributed by atoms with van der Waals surface area (Å²) >= 11 is 0. The minimum absolute atomic E-state index is 0.122. The molecule has 25 heavy (non-hydrogen) atoms. The molecule has 0 aromatic heterocycles. The third kappa shape index (κ3) is 15.1. The number of aliphatic hydroxyl groups is 2. The molecule has 148 valence electrons. The van der Waals surface area contributed by atoms with Gasteiger partial charge in [-0.3, -0.25) is 4.79 Å². The fraction of sp³-hybridized carbons (Fsp3) is 0.857. The molecule has 0 heterocycles. The second kappa shape index (κ2) is 17.9. The van der Waals surface area contributed by atoms with Crippen molar-refractivity contribution in [2.45, 2.75) is 109 Å². The molecule has 2 unspecified atom stereocenters. The highest BCUT2D eigenvalue weighted by Gasteiger charge is 2.17. The van der Waals surface area contributed by atoms with Gasteiger partial charge in [-0.05, 0) is 19.3 Å². The van der Waals surface area contributed by atoms with Gasteiger partial charge in [0.05, 0.1) is 18.8 Å². The van der Waals surface area contributed by atoms with E-state index in [1.54, 1.807) is 6.08 Å². The van der Waals surface area contributed by atoms with Gasteiger partial charge in [-0.1, -0.05) is 83.8 Å². The molecular weight excluding hydrogens is 314 g/mol. The Morgan fingerprint density at radius 3 is 2.00 bits per heavy atom. The highest BCUT2D eigenvalue weighted by molar-refractivity contribution is 5.76. The smallest absolute Gasteiger partial charge is 0.220 e. The van der Waals surface area contributed by atoms with Gasteiger partial charge in [0.25, 0.3) is 0 Å². The summed E-state index contributed by atoms with van der Waals surface area (Å²) in [5.74, 6) is -0.122. The summed E-state index contributed by atoms with van der Waals surface area (Å²) in [4.78, 5) is 11.5. The van der Waals surface area contributed by atoms with E-state index in [4.69, 9.17) is 0 Å². The van der Waals surface area contributed by atoms with Crippen molar-refractivity contribution in [2.75, 3.05) is 6.61 Å². The monoisotopic (exact) mass is 355 g/mol. The van der Waals surface area contributed by atoms with Crippen LogP contribution in [0.15, 0.2) is 12.2 Å². The second-order valence-corrected chi connectivity index (χ2v) is 7.00. The van der Waals surface area contributed by atoms with Crippen LogP contribution in [-0.4, -0.2) is 34.9 Å². The number of carbonyl (C=O) groups excluding carboxylic acids is 1. The number of hydrogen-bond donors (Lipinski definition) is 3. The number of aliphatic hydroxyl groups excluding tert-OH is 2. The van der Waals surface area contributed by atoms with E-state index in [0.29, 0.717) is 6.42 Å². The van der Waals surface area contributed by atoms with Crippen LogP contribution in [0.5, 0.6) is 0 Å². The van der Waals surface area contributed by atoms with Crippen molar-refractivity contribution in [2.24, 2.45) is 0 Å². The molecule has 0 bridgehead atoms. The van der Waals surface area contributed by atoms with Gasteiger partial charge in [0.2, 0.25) is 5.91 Å². The Hall–Kier alpha value is -0.870. The van der Waals surface area contributed by atoms with E-state index in [0.717, 1.165) is 19.3 Å². The van der Waals surface area contributed by atoms with Crippen molar-refractivity contribution in [1.29, 1.82) is 0 Å². The third-order valence-corrected chi connectivity index (χ3v) is 4.49. The molecule has 4 nitrogen and oxygen atoms in total. The van der Waals surface area contributed by atoms with Crippen molar-refractivity contribution in [1.82, 2.24) is 5.32 Å². The van der Waals surface area contributed by atoms with Crippen LogP contribution in [0.2, 0.25) is 0 Å². The fourth-order valence-corrected chi connectivity index (χ4v) is 2.86. The topological polar surface area (TPSA) is 69.6 Å². The summed E-state index contributed by atoms with van der Waals surface area (Å²) in [6, 6.07) is -0.608. The molecule has 0 fully saturated rings. The standard InChI is InChI=1S/C21H41NO3/c1-3-5-6-7-8-9-10-11-12-13-14-15-17-20(24)19(18-23)22-21(25)16-4-2/h15,17,19-20,23-24H,3-14,16,18H2,1-2H3,(H,22,25)/b17-15+. The molecule has 0 aliphatic rings. The average Bonchev–Trinajstić information content (AvgIpc) is 2.60. The Kier molecular flexibility index (Phi) is 17.3. The first-order chi connectivity index (χ1) is 12.2. The van der Waals surface area contributed by atoms with Gasteiger partial charge in [0.1, 0.15) is 0 Å². The van der Waals surface area contributed by atoms with Crippen LogP contribution >= 0.6 is 0 Å². The molecule has 0 aromatic carbocycles. The zero-order valence-corrected chi connectivity index (χ0v) is 16.5. The number of allylic oxidation sites excluding steroid dienone is 1. The molecule has 0 saturated heterocycles. The Bertz CT molecular complexity index is 331. The summed E-state index contributed by atoms with van der Waals surface area (Å²) in [5.41, 5.74) is 0. The summed E-state index contributed by atoms with van der Waals surface area (Å²) in [6.45, 7) is 3.93. The molecule has 0 aliphatic heterocycles. The molecular formula is C21H41NO3. The van der Waals surface area contributed by atoms with Gasteiger partial charge in [-0.2, -0.15) is 0 Å². The number of unbranched alkanes of at least 4 members (excludes halogenated alkanes) is 10. The molecule has 4 heteroatoms. The Labute approximate surface area is 155 Å². The average molecular weight is 356 g/mol. The largest absolute Gasteiger partial charge is 0.394 e. The van der Waals surface area contributed by atoms with Crippen LogP contribution in [0.25, 0.3) is 0 Å². The Balaban J connectivity index is 3.63. The number of rotatable bonds is 17. The van der Waals surface area contributed by atoms with Gasteiger partial charge < -0.3 is 15.5 Å². The summed E-state index contributed by atoms with van der Waals surface area (Å²) < 4.78 is 0. The number of amides is 1. The number of carbonyl (C=O) groups is 1. The van der Waals surface area contributed by atoms with Crippen LogP contribution in [0.4, 0.5) is 0 Å². The zero-order chi connectivity index (χ0) is 18.8. The van der Waals surface area contributed by atoms with E-state index in [-0.39, 0.29) is 12.5 Å². The second-order valence-electron chi connectivity index (χ2n) is 7.00. The summed E-state index contributed by atoms with van der Waals surface area (Å²) in [5, 5.41) is 22.0. The molecule has 0 saturated carbocycles. The van der Waals surface area contributed by atoms with E-state index in [1.165, 1.54) is 57.8 Å². The quantitative estimate of drug-likeness (QED) is 0.266. The van der Waals surface area contributed by atoms with Crippen molar-refractivity contribution >= 4 is 5.91 Å². The van der Waals surface area contributed by atoms with Crippen LogP contribution < -0.4 is 5.32 Å². The van der Waals surface area contributed by atoms with Gasteiger partial charge in [-0.25, -0.2) is 0 Å². The normalized spacial score (nSPS) is 13.9. The van der Waals surface area contributed by atoms with Crippen molar-refractivity contribution in [3.05, 3.63) is 12.2 Å². The number of hydrogen-bond acceptors (Lipinski definition) is 3. The summed E-state index contributed by atoms with van der Waals surface area (Å²) in [7, 11) is 0. The molecule has 1 amide bonds. The lowest BCUT2D eigenvalue weighted by Gasteiger charge is -2.19. The molecule has 3 N–H and O–H groups in total. The fourth-order valence-electron chi connectivity index (χ4n) is 2.86. The Morgan fingerprint density at radius 1 is 0.920 bits per heavy atom. The highest BCUT2D eigenvalue weighted by Crippen LogP contribution is 2.11. The van der Waals surface area contributed by atoms with Gasteiger partial charge in [0, 0.05) is 6.42 Å². The first kappa shape index (κ1) is 24.1. The first-order valence-corrected chi connectivity index (χ1v) is 10.4. The van der Waals surface area contributed by atoms with E-state index >= 15 is 0 Å². The van der Waals surface area contributed by atoms with E-state index in [2.05, 4.69) is 12.2 Å². The summed E-state index contributed by atoms with van der Waals surface area (Å²) in [6.07, 6.45) is 18.1. The minimum atomic E-state index is -0.825. The van der Waals surface area contributed by atoms with Crippen molar-refractivity contribution < 1.29 is 15.0 Å². The van der Waals surface area contributed by atoms with E-state index < -0.39 is 12.1 Å². The molecule has 2 atom stereocenters. The minimum Gasteiger partial charge on any atom is -0.394 e. The predicted molar refractivity (Wildman–Crippen MR) is 106 cm³/mol. The SMILES string of the molecule is CCCCCCCCCCCC/C=C/C(O)C(CO)NC(=O)CCC. The maximum Gasteiger partial charge on any atom is 0.220 e. The van der Waals surface area contributed by atoms with Crippen molar-refractivity contribution in [3.8, 4) is 0 Å². The maximum atomic E-state index is 11.5. The molecule has 0 aliphatic carbocycles. The van der Waals surface area contributed by atoms with E-state index in [1.807, 2.05) is 13.0 Å². The zero-order valence-electron chi connectivity index (χ0n) is 16.5. The van der Waals surface area contributed by atoms with E-state index in [9.17, 15) is 15.0 Å². The molecule has 0 rings (SSSR count). The first-order valence-electron chi connectivity index (χ1n) is 10.4. The lowest BCUT2D eigenvalue weighted by molar-refractivity contribution is -0.122. The van der Waals surface area contributed by atoms with Crippen molar-refractivity contribution in [3.63, 3.8) is 0 Å². The molecule has 0 spiro atoms. The predicted octanol–water partition coefficient (Wildman–Crippen LogP) is 4.49. The molecule has 0 aromatic rings.